The van der Waals surface area contributed by atoms with Crippen molar-refractivity contribution in [2.24, 2.45) is 0 Å². The SMILES string of the molecule is CNCCC1CCCCN1Cc1ccc(O)c(O)c1. The average molecular weight is 264 g/mol. The van der Waals surface area contributed by atoms with E-state index in [0.717, 1.165) is 25.2 Å². The quantitative estimate of drug-likeness (QED) is 0.713. The fraction of sp³-hybridized carbons (Fsp3) is 0.600. The van der Waals surface area contributed by atoms with Crippen molar-refractivity contribution in [1.82, 2.24) is 10.2 Å². The van der Waals surface area contributed by atoms with Crippen LogP contribution < -0.4 is 5.32 Å². The molecule has 0 bridgehead atoms. The third-order valence-electron chi connectivity index (χ3n) is 3.90. The van der Waals surface area contributed by atoms with Crippen molar-refractivity contribution >= 4 is 0 Å². The van der Waals surface area contributed by atoms with E-state index < -0.39 is 0 Å². The van der Waals surface area contributed by atoms with Gasteiger partial charge in [0, 0.05) is 12.6 Å². The molecule has 1 aromatic rings. The summed E-state index contributed by atoms with van der Waals surface area (Å²) in [6.45, 7) is 3.01. The summed E-state index contributed by atoms with van der Waals surface area (Å²) in [6, 6.07) is 5.74. The molecule has 0 spiro atoms. The first-order valence-electron chi connectivity index (χ1n) is 7.10. The molecule has 1 fully saturated rings. The summed E-state index contributed by atoms with van der Waals surface area (Å²) in [4.78, 5) is 2.49. The number of phenolic OH excluding ortho intramolecular Hbond substituents is 2. The lowest BCUT2D eigenvalue weighted by Crippen LogP contribution is -2.40. The minimum Gasteiger partial charge on any atom is -0.504 e. The topological polar surface area (TPSA) is 55.7 Å². The molecule has 1 saturated heterocycles. The van der Waals surface area contributed by atoms with Crippen molar-refractivity contribution in [3.8, 4) is 11.5 Å². The summed E-state index contributed by atoms with van der Waals surface area (Å²) in [5.41, 5.74) is 1.06. The Morgan fingerprint density at radius 2 is 2.11 bits per heavy atom. The van der Waals surface area contributed by atoms with Gasteiger partial charge in [-0.3, -0.25) is 4.90 Å². The molecule has 2 rings (SSSR count). The van der Waals surface area contributed by atoms with Gasteiger partial charge in [-0.15, -0.1) is 0 Å². The minimum atomic E-state index is -0.0471. The lowest BCUT2D eigenvalue weighted by molar-refractivity contribution is 0.132. The fourth-order valence-electron chi connectivity index (χ4n) is 2.81. The number of nitrogens with one attached hydrogen (secondary N) is 1. The Bertz CT molecular complexity index is 409. The fourth-order valence-corrected chi connectivity index (χ4v) is 2.81. The first-order chi connectivity index (χ1) is 9.20. The van der Waals surface area contributed by atoms with Gasteiger partial charge in [0.1, 0.15) is 0 Å². The molecule has 4 nitrogen and oxygen atoms in total. The summed E-state index contributed by atoms with van der Waals surface area (Å²) in [6.07, 6.45) is 4.98. The molecule has 0 aromatic heterocycles. The highest BCUT2D eigenvalue weighted by molar-refractivity contribution is 5.40. The van der Waals surface area contributed by atoms with Gasteiger partial charge in [0.2, 0.25) is 0 Å². The molecule has 1 unspecified atom stereocenters. The van der Waals surface area contributed by atoms with Gasteiger partial charge < -0.3 is 15.5 Å². The third-order valence-corrected chi connectivity index (χ3v) is 3.90. The number of hydrogen-bond donors (Lipinski definition) is 3. The number of hydrogen-bond acceptors (Lipinski definition) is 4. The predicted molar refractivity (Wildman–Crippen MR) is 76.4 cm³/mol. The molecular formula is C15H24N2O2. The van der Waals surface area contributed by atoms with E-state index in [-0.39, 0.29) is 11.5 Å². The normalized spacial score (nSPS) is 20.6. The predicted octanol–water partition coefficient (Wildman–Crippen LogP) is 2.06. The average Bonchev–Trinajstić information content (AvgIpc) is 2.42. The van der Waals surface area contributed by atoms with E-state index in [1.165, 1.54) is 25.7 Å². The van der Waals surface area contributed by atoms with E-state index in [9.17, 15) is 10.2 Å². The molecule has 19 heavy (non-hydrogen) atoms. The maximum absolute atomic E-state index is 9.56. The summed E-state index contributed by atoms with van der Waals surface area (Å²) in [5, 5.41) is 22.1. The largest absolute Gasteiger partial charge is 0.504 e. The van der Waals surface area contributed by atoms with Gasteiger partial charge in [-0.2, -0.15) is 0 Å². The van der Waals surface area contributed by atoms with Crippen LogP contribution in [0.2, 0.25) is 0 Å². The summed E-state index contributed by atoms with van der Waals surface area (Å²) >= 11 is 0. The van der Waals surface area contributed by atoms with E-state index >= 15 is 0 Å². The van der Waals surface area contributed by atoms with Crippen molar-refractivity contribution < 1.29 is 10.2 Å². The van der Waals surface area contributed by atoms with Crippen molar-refractivity contribution in [1.29, 1.82) is 0 Å². The number of likely N-dealkylation sites (tertiary alicyclic amines) is 1. The molecule has 0 radical (unpaired) electrons. The second-order valence-electron chi connectivity index (χ2n) is 5.34. The number of piperidine rings is 1. The van der Waals surface area contributed by atoms with Crippen LogP contribution in [0.1, 0.15) is 31.2 Å². The Morgan fingerprint density at radius 3 is 2.84 bits per heavy atom. The van der Waals surface area contributed by atoms with Gasteiger partial charge >= 0.3 is 0 Å². The van der Waals surface area contributed by atoms with Crippen molar-refractivity contribution in [2.75, 3.05) is 20.1 Å². The first kappa shape index (κ1) is 14.2. The first-order valence-corrected chi connectivity index (χ1v) is 7.10. The molecule has 1 aliphatic rings. The third kappa shape index (κ3) is 3.85. The van der Waals surface area contributed by atoms with E-state index in [1.807, 2.05) is 13.1 Å². The van der Waals surface area contributed by atoms with Crippen LogP contribution in [0.25, 0.3) is 0 Å². The number of nitrogens with zero attached hydrogens (tertiary/aromatic N) is 1. The van der Waals surface area contributed by atoms with Crippen molar-refractivity contribution in [3.05, 3.63) is 23.8 Å². The molecule has 106 valence electrons. The van der Waals surface area contributed by atoms with Gasteiger partial charge in [-0.05, 0) is 57.1 Å². The van der Waals surface area contributed by atoms with E-state index in [2.05, 4.69) is 10.2 Å². The number of aromatic hydroxyl groups is 2. The molecule has 0 saturated carbocycles. The lowest BCUT2D eigenvalue weighted by atomic mass is 9.98. The minimum absolute atomic E-state index is 0.0266. The highest BCUT2D eigenvalue weighted by Crippen LogP contribution is 2.27. The number of rotatable bonds is 5. The Labute approximate surface area is 115 Å². The van der Waals surface area contributed by atoms with Crippen molar-refractivity contribution in [2.45, 2.75) is 38.3 Å². The van der Waals surface area contributed by atoms with Gasteiger partial charge in [0.05, 0.1) is 0 Å². The summed E-state index contributed by atoms with van der Waals surface area (Å²) in [7, 11) is 1.99. The van der Waals surface area contributed by atoms with Gasteiger partial charge in [-0.25, -0.2) is 0 Å². The van der Waals surface area contributed by atoms with E-state index in [1.54, 1.807) is 12.1 Å². The van der Waals surface area contributed by atoms with Crippen molar-refractivity contribution in [3.63, 3.8) is 0 Å². The smallest absolute Gasteiger partial charge is 0.157 e. The molecule has 3 N–H and O–H groups in total. The summed E-state index contributed by atoms with van der Waals surface area (Å²) < 4.78 is 0. The van der Waals surface area contributed by atoms with Crippen LogP contribution in [0.3, 0.4) is 0 Å². The zero-order valence-electron chi connectivity index (χ0n) is 11.6. The molecule has 0 amide bonds. The Balaban J connectivity index is 1.99. The highest BCUT2D eigenvalue weighted by atomic mass is 16.3. The Morgan fingerprint density at radius 1 is 1.26 bits per heavy atom. The Kier molecular flexibility index (Phi) is 5.05. The second-order valence-corrected chi connectivity index (χ2v) is 5.34. The maximum Gasteiger partial charge on any atom is 0.157 e. The molecular weight excluding hydrogens is 240 g/mol. The molecule has 0 aliphatic carbocycles. The second kappa shape index (κ2) is 6.78. The molecule has 1 aromatic carbocycles. The highest BCUT2D eigenvalue weighted by Gasteiger charge is 2.22. The number of benzene rings is 1. The van der Waals surface area contributed by atoms with Crippen LogP contribution in [0, 0.1) is 0 Å². The lowest BCUT2D eigenvalue weighted by Gasteiger charge is -2.36. The van der Waals surface area contributed by atoms with Gasteiger partial charge in [0.25, 0.3) is 0 Å². The maximum atomic E-state index is 9.56. The van der Waals surface area contributed by atoms with E-state index in [4.69, 9.17) is 0 Å². The molecule has 1 aliphatic heterocycles. The standard InChI is InChI=1S/C15H24N2O2/c1-16-8-7-13-4-2-3-9-17(13)11-12-5-6-14(18)15(19)10-12/h5-6,10,13,16,18-19H,2-4,7-9,11H2,1H3. The van der Waals surface area contributed by atoms with Gasteiger partial charge in [0.15, 0.2) is 11.5 Å². The zero-order chi connectivity index (χ0) is 13.7. The van der Waals surface area contributed by atoms with Crippen LogP contribution in [-0.4, -0.2) is 41.3 Å². The van der Waals surface area contributed by atoms with Crippen LogP contribution in [0.15, 0.2) is 18.2 Å². The number of phenols is 2. The van der Waals surface area contributed by atoms with Gasteiger partial charge in [-0.1, -0.05) is 12.5 Å². The Hall–Kier alpha value is -1.26. The monoisotopic (exact) mass is 264 g/mol. The van der Waals surface area contributed by atoms with Crippen LogP contribution in [0.4, 0.5) is 0 Å². The zero-order valence-corrected chi connectivity index (χ0v) is 11.6. The molecule has 1 atom stereocenters. The molecule has 1 heterocycles. The van der Waals surface area contributed by atoms with Crippen LogP contribution in [0.5, 0.6) is 11.5 Å². The molecule has 4 heteroatoms. The van der Waals surface area contributed by atoms with E-state index in [0.29, 0.717) is 6.04 Å². The van der Waals surface area contributed by atoms with Crippen LogP contribution >= 0.6 is 0 Å². The van der Waals surface area contributed by atoms with Crippen LogP contribution in [-0.2, 0) is 6.54 Å². The summed E-state index contributed by atoms with van der Waals surface area (Å²) in [5.74, 6) is -0.0737.